The second kappa shape index (κ2) is 6.02. The van der Waals surface area contributed by atoms with Gasteiger partial charge >= 0.3 is 0 Å². The van der Waals surface area contributed by atoms with E-state index in [9.17, 15) is 4.79 Å². The van der Waals surface area contributed by atoms with E-state index in [0.717, 1.165) is 22.3 Å². The first-order valence-electron chi connectivity index (χ1n) is 5.49. The zero-order valence-electron chi connectivity index (χ0n) is 9.65. The Morgan fingerprint density at radius 2 is 2.11 bits per heavy atom. The smallest absolute Gasteiger partial charge is 0.221 e. The number of primary amides is 1. The Morgan fingerprint density at radius 1 is 1.33 bits per heavy atom. The predicted octanol–water partition coefficient (Wildman–Crippen LogP) is 3.15. The summed E-state index contributed by atoms with van der Waals surface area (Å²) in [4.78, 5) is 12.2. The zero-order valence-corrected chi connectivity index (χ0v) is 12.1. The van der Waals surface area contributed by atoms with Gasteiger partial charge in [0.1, 0.15) is 0 Å². The lowest BCUT2D eigenvalue weighted by Gasteiger charge is -2.10. The summed E-state index contributed by atoms with van der Waals surface area (Å²) in [5, 5.41) is 5.37. The lowest BCUT2D eigenvalue weighted by atomic mass is 10.1. The van der Waals surface area contributed by atoms with E-state index in [4.69, 9.17) is 5.73 Å². The van der Waals surface area contributed by atoms with Crippen LogP contribution in [-0.4, -0.2) is 5.91 Å². The number of hydrogen-bond donors (Lipinski definition) is 2. The molecule has 18 heavy (non-hydrogen) atoms. The van der Waals surface area contributed by atoms with E-state index < -0.39 is 0 Å². The molecule has 0 unspecified atom stereocenters. The summed E-state index contributed by atoms with van der Waals surface area (Å²) >= 11 is 5.18. The topological polar surface area (TPSA) is 55.1 Å². The van der Waals surface area contributed by atoms with Crippen molar-refractivity contribution < 1.29 is 4.79 Å². The predicted molar refractivity (Wildman–Crippen MR) is 78.7 cm³/mol. The third kappa shape index (κ3) is 3.34. The second-order valence-electron chi connectivity index (χ2n) is 3.85. The first-order valence-corrected chi connectivity index (χ1v) is 7.16. The van der Waals surface area contributed by atoms with Gasteiger partial charge < -0.3 is 11.1 Å². The van der Waals surface area contributed by atoms with E-state index in [2.05, 4.69) is 21.2 Å². The fraction of sp³-hybridized carbons (Fsp3) is 0.154. The first-order chi connectivity index (χ1) is 8.66. The Balaban J connectivity index is 2.09. The van der Waals surface area contributed by atoms with Crippen molar-refractivity contribution in [1.82, 2.24) is 0 Å². The molecule has 0 atom stereocenters. The zero-order chi connectivity index (χ0) is 13.0. The van der Waals surface area contributed by atoms with Crippen molar-refractivity contribution in [2.45, 2.75) is 13.0 Å². The number of carbonyl (C=O) groups excluding carboxylic acids is 1. The summed E-state index contributed by atoms with van der Waals surface area (Å²) < 4.78 is 1.10. The van der Waals surface area contributed by atoms with Crippen molar-refractivity contribution in [2.24, 2.45) is 5.73 Å². The van der Waals surface area contributed by atoms with Crippen molar-refractivity contribution in [3.63, 3.8) is 0 Å². The maximum Gasteiger partial charge on any atom is 0.221 e. The van der Waals surface area contributed by atoms with E-state index >= 15 is 0 Å². The molecule has 0 spiro atoms. The molecule has 2 rings (SSSR count). The van der Waals surface area contributed by atoms with Gasteiger partial charge in [-0.2, -0.15) is 0 Å². The van der Waals surface area contributed by atoms with Gasteiger partial charge in [0.15, 0.2) is 0 Å². The van der Waals surface area contributed by atoms with Crippen molar-refractivity contribution in [3.8, 4) is 0 Å². The highest BCUT2D eigenvalue weighted by atomic mass is 79.9. The van der Waals surface area contributed by atoms with Gasteiger partial charge in [-0.1, -0.05) is 18.2 Å². The van der Waals surface area contributed by atoms with Gasteiger partial charge in [-0.15, -0.1) is 11.3 Å². The number of rotatable bonds is 5. The third-order valence-corrected chi connectivity index (χ3v) is 4.44. The summed E-state index contributed by atoms with van der Waals surface area (Å²) in [7, 11) is 0. The lowest BCUT2D eigenvalue weighted by Crippen LogP contribution is -2.15. The Bertz CT molecular complexity index is 553. The fourth-order valence-electron chi connectivity index (χ4n) is 1.66. The minimum atomic E-state index is -0.318. The van der Waals surface area contributed by atoms with Crippen LogP contribution in [0, 0.1) is 0 Å². The van der Waals surface area contributed by atoms with Crippen molar-refractivity contribution in [2.75, 3.05) is 5.32 Å². The Labute approximate surface area is 118 Å². The molecule has 0 fully saturated rings. The van der Waals surface area contributed by atoms with Crippen molar-refractivity contribution >= 4 is 38.9 Å². The minimum absolute atomic E-state index is 0.259. The maximum absolute atomic E-state index is 11.0. The lowest BCUT2D eigenvalue weighted by molar-refractivity contribution is -0.117. The van der Waals surface area contributed by atoms with Crippen LogP contribution in [0.15, 0.2) is 40.2 Å². The van der Waals surface area contributed by atoms with E-state index in [1.165, 1.54) is 4.88 Å². The monoisotopic (exact) mass is 324 g/mol. The van der Waals surface area contributed by atoms with Gasteiger partial charge in [0.25, 0.3) is 0 Å². The second-order valence-corrected chi connectivity index (χ2v) is 5.70. The molecule has 0 saturated heterocycles. The Morgan fingerprint density at radius 3 is 2.78 bits per heavy atom. The summed E-state index contributed by atoms with van der Waals surface area (Å²) in [5.74, 6) is -0.318. The molecule has 1 amide bonds. The maximum atomic E-state index is 11.0. The quantitative estimate of drug-likeness (QED) is 0.887. The van der Waals surface area contributed by atoms with Crippen LogP contribution in [0.5, 0.6) is 0 Å². The van der Waals surface area contributed by atoms with E-state index in [1.807, 2.05) is 35.7 Å². The average Bonchev–Trinajstić information content (AvgIpc) is 2.73. The number of anilines is 1. The third-order valence-electron chi connectivity index (χ3n) is 2.51. The summed E-state index contributed by atoms with van der Waals surface area (Å²) in [6.45, 7) is 0.730. The van der Waals surface area contributed by atoms with Gasteiger partial charge in [0.05, 0.1) is 13.0 Å². The molecular formula is C13H13BrN2OS. The molecule has 0 aliphatic rings. The normalized spacial score (nSPS) is 10.3. The molecule has 0 bridgehead atoms. The number of carbonyl (C=O) groups is 1. The van der Waals surface area contributed by atoms with Crippen LogP contribution in [0.3, 0.4) is 0 Å². The summed E-state index contributed by atoms with van der Waals surface area (Å²) in [6.07, 6.45) is 0.259. The number of hydrogen-bond acceptors (Lipinski definition) is 3. The van der Waals surface area contributed by atoms with Crippen molar-refractivity contribution in [3.05, 3.63) is 50.6 Å². The summed E-state index contributed by atoms with van der Waals surface area (Å²) in [6, 6.07) is 9.74. The number of nitrogens with one attached hydrogen (secondary N) is 1. The molecule has 0 aliphatic carbocycles. The molecular weight excluding hydrogens is 312 g/mol. The van der Waals surface area contributed by atoms with Gasteiger partial charge in [-0.05, 0) is 39.0 Å². The molecule has 3 N–H and O–H groups in total. The highest BCUT2D eigenvalue weighted by Crippen LogP contribution is 2.24. The van der Waals surface area contributed by atoms with Crippen LogP contribution in [-0.2, 0) is 17.8 Å². The van der Waals surface area contributed by atoms with E-state index in [1.54, 1.807) is 11.3 Å². The molecule has 1 aromatic carbocycles. The number of nitrogens with two attached hydrogens (primary N) is 1. The number of thiophene rings is 1. The van der Waals surface area contributed by atoms with Crippen LogP contribution in [0.25, 0.3) is 0 Å². The first kappa shape index (κ1) is 13.1. The average molecular weight is 325 g/mol. The van der Waals surface area contributed by atoms with Gasteiger partial charge in [-0.3, -0.25) is 4.79 Å². The van der Waals surface area contributed by atoms with Crippen LogP contribution < -0.4 is 11.1 Å². The molecule has 94 valence electrons. The van der Waals surface area contributed by atoms with Crippen LogP contribution in [0.1, 0.15) is 10.4 Å². The van der Waals surface area contributed by atoms with Crippen LogP contribution >= 0.6 is 27.3 Å². The molecule has 2 aromatic rings. The molecule has 0 aliphatic heterocycles. The standard InChI is InChI=1S/C13H13BrN2OS/c14-10-5-6-18-12(10)8-16-11-4-2-1-3-9(11)7-13(15)17/h1-6,16H,7-8H2,(H2,15,17). The van der Waals surface area contributed by atoms with Gasteiger partial charge in [-0.25, -0.2) is 0 Å². The number of para-hydroxylation sites is 1. The Hall–Kier alpha value is -1.33. The van der Waals surface area contributed by atoms with Crippen molar-refractivity contribution in [1.29, 1.82) is 0 Å². The van der Waals surface area contributed by atoms with Crippen LogP contribution in [0.2, 0.25) is 0 Å². The van der Waals surface area contributed by atoms with E-state index in [0.29, 0.717) is 0 Å². The molecule has 5 heteroatoms. The molecule has 1 aromatic heterocycles. The van der Waals surface area contributed by atoms with Gasteiger partial charge in [0, 0.05) is 15.0 Å². The summed E-state index contributed by atoms with van der Waals surface area (Å²) in [5.41, 5.74) is 7.12. The highest BCUT2D eigenvalue weighted by molar-refractivity contribution is 9.10. The Kier molecular flexibility index (Phi) is 4.38. The number of halogens is 1. The molecule has 0 saturated carbocycles. The molecule has 0 radical (unpaired) electrons. The highest BCUT2D eigenvalue weighted by Gasteiger charge is 2.06. The number of amides is 1. The number of benzene rings is 1. The molecule has 3 nitrogen and oxygen atoms in total. The minimum Gasteiger partial charge on any atom is -0.380 e. The largest absolute Gasteiger partial charge is 0.380 e. The van der Waals surface area contributed by atoms with Crippen LogP contribution in [0.4, 0.5) is 5.69 Å². The fourth-order valence-corrected chi connectivity index (χ4v) is 3.09. The molecule has 1 heterocycles. The SMILES string of the molecule is NC(=O)Cc1ccccc1NCc1sccc1Br. The van der Waals surface area contributed by atoms with E-state index in [-0.39, 0.29) is 12.3 Å². The van der Waals surface area contributed by atoms with Gasteiger partial charge in [0.2, 0.25) is 5.91 Å².